The Hall–Kier alpha value is -6.68. The van der Waals surface area contributed by atoms with Gasteiger partial charge < -0.3 is 0 Å². The lowest BCUT2D eigenvalue weighted by Crippen LogP contribution is -2.22. The van der Waals surface area contributed by atoms with Gasteiger partial charge in [-0.3, -0.25) is 0 Å². The molecule has 11 rings (SSSR count). The Labute approximate surface area is 324 Å². The number of benzene rings is 8. The summed E-state index contributed by atoms with van der Waals surface area (Å²) in [6.45, 7) is 2.36. The first-order valence-electron chi connectivity index (χ1n) is 18.8. The molecular formula is C52H34N2S. The van der Waals surface area contributed by atoms with Gasteiger partial charge in [-0.1, -0.05) is 158 Å². The second-order valence-corrected chi connectivity index (χ2v) is 15.8. The molecule has 0 aliphatic heterocycles. The van der Waals surface area contributed by atoms with Crippen molar-refractivity contribution in [1.29, 1.82) is 0 Å². The SMILES string of the molecule is CC1(c2ccccc2)c2ccccc2-c2c(-c3cc(-c4ccc(-c5ccc6sc7ccccc7c6c5)cc4)nc(-c4ccc5ccccc5c4)n3)cccc21. The molecule has 55 heavy (non-hydrogen) atoms. The monoisotopic (exact) mass is 718 g/mol. The van der Waals surface area contributed by atoms with E-state index in [9.17, 15) is 0 Å². The molecule has 8 aromatic carbocycles. The van der Waals surface area contributed by atoms with Crippen molar-refractivity contribution in [1.82, 2.24) is 9.97 Å². The zero-order valence-electron chi connectivity index (χ0n) is 30.2. The first kappa shape index (κ1) is 31.8. The summed E-state index contributed by atoms with van der Waals surface area (Å²) in [5.74, 6) is 0.715. The Morgan fingerprint density at radius 2 is 1.07 bits per heavy atom. The fraction of sp³-hybridized carbons (Fsp3) is 0.0385. The van der Waals surface area contributed by atoms with Crippen LogP contribution < -0.4 is 0 Å². The average Bonchev–Trinajstić information content (AvgIpc) is 3.76. The first-order chi connectivity index (χ1) is 27.1. The number of aromatic nitrogens is 2. The molecule has 3 heteroatoms. The van der Waals surface area contributed by atoms with Crippen LogP contribution in [-0.4, -0.2) is 9.97 Å². The fourth-order valence-corrected chi connectivity index (χ4v) is 9.85. The van der Waals surface area contributed by atoms with E-state index in [1.807, 2.05) is 11.3 Å². The van der Waals surface area contributed by atoms with Crippen LogP contribution in [0.15, 0.2) is 188 Å². The van der Waals surface area contributed by atoms with Crippen molar-refractivity contribution < 1.29 is 0 Å². The molecule has 2 heterocycles. The number of fused-ring (bicyclic) bond motifs is 7. The first-order valence-corrected chi connectivity index (χ1v) is 19.6. The average molecular weight is 719 g/mol. The van der Waals surface area contributed by atoms with Gasteiger partial charge >= 0.3 is 0 Å². The molecule has 0 fully saturated rings. The van der Waals surface area contributed by atoms with Crippen LogP contribution in [0.3, 0.4) is 0 Å². The number of hydrogen-bond donors (Lipinski definition) is 0. The molecule has 0 N–H and O–H groups in total. The summed E-state index contributed by atoms with van der Waals surface area (Å²) in [6, 6.07) is 68.1. The molecule has 0 saturated heterocycles. The van der Waals surface area contributed by atoms with Gasteiger partial charge in [-0.05, 0) is 87.0 Å². The van der Waals surface area contributed by atoms with Crippen LogP contribution >= 0.6 is 11.3 Å². The third kappa shape index (κ3) is 5.08. The van der Waals surface area contributed by atoms with Gasteiger partial charge in [0.05, 0.1) is 11.4 Å². The van der Waals surface area contributed by atoms with Gasteiger partial charge in [0.25, 0.3) is 0 Å². The van der Waals surface area contributed by atoms with E-state index in [4.69, 9.17) is 9.97 Å². The summed E-state index contributed by atoms with van der Waals surface area (Å²) < 4.78 is 2.64. The van der Waals surface area contributed by atoms with Gasteiger partial charge in [-0.2, -0.15) is 0 Å². The summed E-state index contributed by atoms with van der Waals surface area (Å²) in [4.78, 5) is 10.7. The van der Waals surface area contributed by atoms with Gasteiger partial charge in [0.2, 0.25) is 0 Å². The van der Waals surface area contributed by atoms with Crippen LogP contribution in [0.1, 0.15) is 23.6 Å². The maximum absolute atomic E-state index is 5.38. The van der Waals surface area contributed by atoms with E-state index in [2.05, 4.69) is 195 Å². The fourth-order valence-electron chi connectivity index (χ4n) is 8.77. The van der Waals surface area contributed by atoms with Gasteiger partial charge in [0.1, 0.15) is 0 Å². The van der Waals surface area contributed by atoms with E-state index in [0.717, 1.165) is 28.1 Å². The lowest BCUT2D eigenvalue weighted by Gasteiger charge is -2.28. The van der Waals surface area contributed by atoms with Crippen molar-refractivity contribution in [3.05, 3.63) is 205 Å². The second kappa shape index (κ2) is 12.4. The Morgan fingerprint density at radius 3 is 1.96 bits per heavy atom. The van der Waals surface area contributed by atoms with Gasteiger partial charge in [-0.25, -0.2) is 9.97 Å². The van der Waals surface area contributed by atoms with E-state index in [1.165, 1.54) is 69.9 Å². The Kier molecular flexibility index (Phi) is 7.20. The molecule has 0 spiro atoms. The molecule has 1 aliphatic carbocycles. The Morgan fingerprint density at radius 1 is 0.418 bits per heavy atom. The topological polar surface area (TPSA) is 25.8 Å². The molecule has 0 radical (unpaired) electrons. The molecular weight excluding hydrogens is 685 g/mol. The molecule has 2 nitrogen and oxygen atoms in total. The third-order valence-electron chi connectivity index (χ3n) is 11.6. The maximum atomic E-state index is 5.38. The highest BCUT2D eigenvalue weighted by atomic mass is 32.1. The summed E-state index contributed by atoms with van der Waals surface area (Å²) in [7, 11) is 0. The van der Waals surface area contributed by atoms with Crippen LogP contribution in [0.25, 0.3) is 87.1 Å². The van der Waals surface area contributed by atoms with Gasteiger partial charge in [0.15, 0.2) is 5.82 Å². The van der Waals surface area contributed by atoms with Crippen molar-refractivity contribution in [2.75, 3.05) is 0 Å². The highest BCUT2D eigenvalue weighted by Crippen LogP contribution is 2.55. The summed E-state index contributed by atoms with van der Waals surface area (Å²) in [6.07, 6.45) is 0. The zero-order valence-corrected chi connectivity index (χ0v) is 31.0. The van der Waals surface area contributed by atoms with Crippen LogP contribution in [-0.2, 0) is 5.41 Å². The minimum Gasteiger partial charge on any atom is -0.228 e. The van der Waals surface area contributed by atoms with Crippen molar-refractivity contribution in [3.63, 3.8) is 0 Å². The highest BCUT2D eigenvalue weighted by Gasteiger charge is 2.41. The molecule has 1 aliphatic rings. The Balaban J connectivity index is 1.08. The number of nitrogens with zero attached hydrogens (tertiary/aromatic N) is 2. The van der Waals surface area contributed by atoms with E-state index in [1.54, 1.807) is 0 Å². The van der Waals surface area contributed by atoms with Crippen molar-refractivity contribution in [2.24, 2.45) is 0 Å². The highest BCUT2D eigenvalue weighted by molar-refractivity contribution is 7.25. The van der Waals surface area contributed by atoms with Crippen molar-refractivity contribution in [3.8, 4) is 56.2 Å². The molecule has 0 saturated carbocycles. The van der Waals surface area contributed by atoms with E-state index >= 15 is 0 Å². The quantitative estimate of drug-likeness (QED) is 0.177. The standard InChI is InChI=1S/C52H34N2S/c1-52(39-14-3-2-4-15-39)44-19-9-7-17-41(44)50-42(18-11-20-45(50)52)47-32-46(53-51(54-47)38-27-24-33-12-5-6-13-36(33)30-38)35-25-22-34(23-26-35)37-28-29-49-43(31-37)40-16-8-10-21-48(40)55-49/h2-32H,1H3. The smallest absolute Gasteiger partial charge is 0.160 e. The normalized spacial score (nSPS) is 14.7. The van der Waals surface area contributed by atoms with Crippen LogP contribution in [0.5, 0.6) is 0 Å². The number of thiophene rings is 1. The molecule has 1 atom stereocenters. The lowest BCUT2D eigenvalue weighted by atomic mass is 9.74. The van der Waals surface area contributed by atoms with E-state index < -0.39 is 0 Å². The van der Waals surface area contributed by atoms with Gasteiger partial charge in [-0.15, -0.1) is 11.3 Å². The van der Waals surface area contributed by atoms with E-state index in [-0.39, 0.29) is 5.41 Å². The summed E-state index contributed by atoms with van der Waals surface area (Å²) in [5.41, 5.74) is 13.5. The largest absolute Gasteiger partial charge is 0.228 e. The predicted octanol–water partition coefficient (Wildman–Crippen LogP) is 14.0. The summed E-state index contributed by atoms with van der Waals surface area (Å²) in [5, 5.41) is 4.99. The predicted molar refractivity (Wildman–Crippen MR) is 232 cm³/mol. The second-order valence-electron chi connectivity index (χ2n) is 14.7. The minimum atomic E-state index is -0.297. The molecule has 0 amide bonds. The summed E-state index contributed by atoms with van der Waals surface area (Å²) >= 11 is 1.85. The molecule has 1 unspecified atom stereocenters. The molecule has 2 aromatic heterocycles. The van der Waals surface area contributed by atoms with Crippen molar-refractivity contribution in [2.45, 2.75) is 12.3 Å². The minimum absolute atomic E-state index is 0.297. The van der Waals surface area contributed by atoms with Crippen LogP contribution in [0.4, 0.5) is 0 Å². The van der Waals surface area contributed by atoms with Crippen LogP contribution in [0, 0.1) is 0 Å². The third-order valence-corrected chi connectivity index (χ3v) is 12.7. The Bertz CT molecular complexity index is 3110. The zero-order chi connectivity index (χ0) is 36.5. The van der Waals surface area contributed by atoms with Gasteiger partial charge in [0, 0.05) is 42.3 Å². The molecule has 258 valence electrons. The molecule has 0 bridgehead atoms. The van der Waals surface area contributed by atoms with E-state index in [0.29, 0.717) is 5.82 Å². The lowest BCUT2D eigenvalue weighted by molar-refractivity contribution is 0.714. The number of rotatable bonds is 5. The molecule has 10 aromatic rings. The number of hydrogen-bond acceptors (Lipinski definition) is 3. The van der Waals surface area contributed by atoms with Crippen molar-refractivity contribution >= 4 is 42.3 Å². The maximum Gasteiger partial charge on any atom is 0.160 e. The van der Waals surface area contributed by atoms with Crippen LogP contribution in [0.2, 0.25) is 0 Å².